The monoisotopic (exact) mass is 493 g/mol. The minimum absolute atomic E-state index is 0.276. The Labute approximate surface area is 214 Å². The van der Waals surface area contributed by atoms with Crippen LogP contribution < -0.4 is 26.6 Å². The third-order valence-electron chi connectivity index (χ3n) is 6.21. The van der Waals surface area contributed by atoms with Crippen molar-refractivity contribution in [1.29, 1.82) is 0 Å². The van der Waals surface area contributed by atoms with Gasteiger partial charge in [-0.1, -0.05) is 36.9 Å². The maximum absolute atomic E-state index is 12.2. The predicted molar refractivity (Wildman–Crippen MR) is 147 cm³/mol. The summed E-state index contributed by atoms with van der Waals surface area (Å²) in [5, 5.41) is 10.2. The van der Waals surface area contributed by atoms with Crippen molar-refractivity contribution < 1.29 is 9.59 Å². The molecule has 0 spiro atoms. The number of piperazine rings is 1. The van der Waals surface area contributed by atoms with E-state index in [1.54, 1.807) is 12.3 Å². The van der Waals surface area contributed by atoms with E-state index < -0.39 is 5.91 Å². The number of benzene rings is 3. The number of hydrogen-bond acceptors (Lipinski definition) is 7. The van der Waals surface area contributed by atoms with E-state index in [9.17, 15) is 9.59 Å². The Balaban J connectivity index is 1.47. The fraction of sp³-hybridized carbons (Fsp3) is 0.143. The van der Waals surface area contributed by atoms with Crippen LogP contribution in [-0.4, -0.2) is 48.0 Å². The maximum atomic E-state index is 12.2. The fourth-order valence-electron chi connectivity index (χ4n) is 4.43. The molecular formula is C28H27N7O2. The Morgan fingerprint density at radius 1 is 1.03 bits per heavy atom. The van der Waals surface area contributed by atoms with Gasteiger partial charge in [-0.05, 0) is 42.0 Å². The third-order valence-corrected chi connectivity index (χ3v) is 6.21. The number of amides is 2. The minimum Gasteiger partial charge on any atom is -0.368 e. The number of nitrogens with two attached hydrogens (primary N) is 1. The first kappa shape index (κ1) is 24.0. The van der Waals surface area contributed by atoms with E-state index in [0.717, 1.165) is 53.9 Å². The number of para-hydroxylation sites is 1. The highest BCUT2D eigenvalue weighted by molar-refractivity contribution is 6.01. The molecule has 5 rings (SSSR count). The molecule has 0 saturated carbocycles. The van der Waals surface area contributed by atoms with Crippen LogP contribution in [0.25, 0.3) is 22.0 Å². The number of nitrogens with zero attached hydrogens (tertiary/aromatic N) is 3. The standard InChI is InChI=1S/C28H27N7O2/c1-2-25(36)32-20-7-3-5-18(15-20)22-8-4-6-19-17-31-28(34-26(19)22)33-21-9-10-24(23(16-21)27(29)37)35-13-11-30-12-14-35/h2-10,15-17,30H,1,11-14H2,(H2,29,37)(H,32,36)(H,31,33,34). The van der Waals surface area contributed by atoms with Crippen LogP contribution in [0.1, 0.15) is 10.4 Å². The summed E-state index contributed by atoms with van der Waals surface area (Å²) in [5.74, 6) is -0.370. The summed E-state index contributed by atoms with van der Waals surface area (Å²) in [7, 11) is 0. The molecule has 2 heterocycles. The van der Waals surface area contributed by atoms with E-state index >= 15 is 0 Å². The predicted octanol–water partition coefficient (Wildman–Crippen LogP) is 3.67. The van der Waals surface area contributed by atoms with E-state index in [0.29, 0.717) is 22.9 Å². The Bertz CT molecular complexity index is 1500. The molecule has 37 heavy (non-hydrogen) atoms. The van der Waals surface area contributed by atoms with Crippen LogP contribution in [-0.2, 0) is 4.79 Å². The molecule has 0 unspecified atom stereocenters. The van der Waals surface area contributed by atoms with Gasteiger partial charge in [0.25, 0.3) is 5.91 Å². The Morgan fingerprint density at radius 2 is 1.84 bits per heavy atom. The highest BCUT2D eigenvalue weighted by atomic mass is 16.1. The molecule has 0 radical (unpaired) electrons. The van der Waals surface area contributed by atoms with Gasteiger partial charge in [-0.3, -0.25) is 9.59 Å². The summed E-state index contributed by atoms with van der Waals surface area (Å²) in [6, 6.07) is 18.9. The van der Waals surface area contributed by atoms with Gasteiger partial charge in [-0.2, -0.15) is 0 Å². The lowest BCUT2D eigenvalue weighted by atomic mass is 10.0. The number of rotatable bonds is 7. The maximum Gasteiger partial charge on any atom is 0.250 e. The molecule has 3 aromatic carbocycles. The second-order valence-electron chi connectivity index (χ2n) is 8.67. The van der Waals surface area contributed by atoms with Crippen LogP contribution in [0.4, 0.5) is 23.0 Å². The fourth-order valence-corrected chi connectivity index (χ4v) is 4.43. The van der Waals surface area contributed by atoms with Crippen molar-refractivity contribution in [2.75, 3.05) is 41.7 Å². The lowest BCUT2D eigenvalue weighted by Crippen LogP contribution is -2.44. The molecule has 0 bridgehead atoms. The molecule has 5 N–H and O–H groups in total. The quantitative estimate of drug-likeness (QED) is 0.290. The van der Waals surface area contributed by atoms with Gasteiger partial charge >= 0.3 is 0 Å². The number of fused-ring (bicyclic) bond motifs is 1. The molecule has 0 atom stereocenters. The van der Waals surface area contributed by atoms with E-state index in [1.807, 2.05) is 54.6 Å². The van der Waals surface area contributed by atoms with Crippen molar-refractivity contribution in [3.8, 4) is 11.1 Å². The van der Waals surface area contributed by atoms with Gasteiger partial charge in [0.2, 0.25) is 11.9 Å². The molecular weight excluding hydrogens is 466 g/mol. The van der Waals surface area contributed by atoms with Gasteiger partial charge in [-0.25, -0.2) is 9.97 Å². The summed E-state index contributed by atoms with van der Waals surface area (Å²) in [6.45, 7) is 6.83. The third kappa shape index (κ3) is 5.26. The number of anilines is 4. The van der Waals surface area contributed by atoms with Crippen molar-refractivity contribution in [1.82, 2.24) is 15.3 Å². The minimum atomic E-state index is -0.484. The van der Waals surface area contributed by atoms with Gasteiger partial charge < -0.3 is 26.6 Å². The van der Waals surface area contributed by atoms with Crippen molar-refractivity contribution in [3.63, 3.8) is 0 Å². The molecule has 1 saturated heterocycles. The van der Waals surface area contributed by atoms with Crippen molar-refractivity contribution in [3.05, 3.63) is 85.1 Å². The zero-order valence-electron chi connectivity index (χ0n) is 20.2. The second kappa shape index (κ2) is 10.5. The lowest BCUT2D eigenvalue weighted by Gasteiger charge is -2.30. The number of carbonyl (C=O) groups is 2. The van der Waals surface area contributed by atoms with E-state index in [1.165, 1.54) is 6.08 Å². The van der Waals surface area contributed by atoms with E-state index in [4.69, 9.17) is 10.7 Å². The highest BCUT2D eigenvalue weighted by Gasteiger charge is 2.18. The molecule has 9 heteroatoms. The van der Waals surface area contributed by atoms with Crippen LogP contribution in [0.3, 0.4) is 0 Å². The van der Waals surface area contributed by atoms with E-state index in [2.05, 4.69) is 32.4 Å². The summed E-state index contributed by atoms with van der Waals surface area (Å²) in [4.78, 5) is 35.4. The van der Waals surface area contributed by atoms with Gasteiger partial charge in [0.15, 0.2) is 0 Å². The number of hydrogen-bond donors (Lipinski definition) is 4. The molecule has 1 aliphatic rings. The van der Waals surface area contributed by atoms with Crippen LogP contribution in [0.5, 0.6) is 0 Å². The summed E-state index contributed by atoms with van der Waals surface area (Å²) >= 11 is 0. The Kier molecular flexibility index (Phi) is 6.78. The number of nitrogens with one attached hydrogen (secondary N) is 3. The SMILES string of the molecule is C=CC(=O)Nc1cccc(-c2cccc3cnc(Nc4ccc(N5CCNCC5)c(C(N)=O)c4)nc23)c1. The topological polar surface area (TPSA) is 125 Å². The summed E-state index contributed by atoms with van der Waals surface area (Å²) in [6.07, 6.45) is 2.98. The zero-order valence-corrected chi connectivity index (χ0v) is 20.2. The van der Waals surface area contributed by atoms with Gasteiger partial charge in [0.05, 0.1) is 11.1 Å². The van der Waals surface area contributed by atoms with Crippen LogP contribution in [0.2, 0.25) is 0 Å². The van der Waals surface area contributed by atoms with E-state index in [-0.39, 0.29) is 5.91 Å². The van der Waals surface area contributed by atoms with Crippen molar-refractivity contribution in [2.45, 2.75) is 0 Å². The van der Waals surface area contributed by atoms with Crippen LogP contribution >= 0.6 is 0 Å². The first-order valence-corrected chi connectivity index (χ1v) is 12.0. The average Bonchev–Trinajstić information content (AvgIpc) is 2.93. The molecule has 2 amide bonds. The first-order valence-electron chi connectivity index (χ1n) is 12.0. The number of aromatic nitrogens is 2. The molecule has 186 valence electrons. The molecule has 9 nitrogen and oxygen atoms in total. The van der Waals surface area contributed by atoms with Crippen LogP contribution in [0.15, 0.2) is 79.5 Å². The van der Waals surface area contributed by atoms with Crippen molar-refractivity contribution >= 4 is 45.7 Å². The number of carbonyl (C=O) groups excluding carboxylic acids is 2. The summed E-state index contributed by atoms with van der Waals surface area (Å²) < 4.78 is 0. The largest absolute Gasteiger partial charge is 0.368 e. The normalized spacial score (nSPS) is 13.2. The molecule has 0 aliphatic carbocycles. The zero-order chi connectivity index (χ0) is 25.8. The Hall–Kier alpha value is -4.76. The van der Waals surface area contributed by atoms with Crippen molar-refractivity contribution in [2.24, 2.45) is 5.73 Å². The number of primary amides is 1. The van der Waals surface area contributed by atoms with Crippen LogP contribution in [0, 0.1) is 0 Å². The second-order valence-corrected chi connectivity index (χ2v) is 8.67. The molecule has 1 fully saturated rings. The highest BCUT2D eigenvalue weighted by Crippen LogP contribution is 2.31. The van der Waals surface area contributed by atoms with Gasteiger partial charge in [0, 0.05) is 60.4 Å². The summed E-state index contributed by atoms with van der Waals surface area (Å²) in [5.41, 5.74) is 10.9. The van der Waals surface area contributed by atoms with Gasteiger partial charge in [0.1, 0.15) is 0 Å². The smallest absolute Gasteiger partial charge is 0.250 e. The molecule has 1 aromatic heterocycles. The van der Waals surface area contributed by atoms with Gasteiger partial charge in [-0.15, -0.1) is 0 Å². The average molecular weight is 494 g/mol. The first-order chi connectivity index (χ1) is 18.0. The molecule has 1 aliphatic heterocycles. The lowest BCUT2D eigenvalue weighted by molar-refractivity contribution is -0.111. The molecule has 4 aromatic rings. The Morgan fingerprint density at radius 3 is 2.62 bits per heavy atom.